The summed E-state index contributed by atoms with van der Waals surface area (Å²) in [5, 5.41) is 19.2. The normalized spacial score (nSPS) is 12.6. The second kappa shape index (κ2) is 5.18. The largest absolute Gasteiger partial charge is 0.508 e. The Balaban J connectivity index is 2.03. The number of aromatic amines is 1. The van der Waals surface area contributed by atoms with Crippen LogP contribution >= 0.6 is 0 Å². The lowest BCUT2D eigenvalue weighted by Crippen LogP contribution is -2.19. The fraction of sp³-hybridized carbons (Fsp3) is 0.308. The van der Waals surface area contributed by atoms with Crippen LogP contribution in [0.3, 0.4) is 0 Å². The van der Waals surface area contributed by atoms with Crippen molar-refractivity contribution in [1.82, 2.24) is 15.5 Å². The molecule has 2 aromatic rings. The molecule has 1 heterocycles. The molecule has 0 aliphatic heterocycles. The molecule has 0 bridgehead atoms. The molecule has 5 heteroatoms. The summed E-state index contributed by atoms with van der Waals surface area (Å²) in [6, 6.07) is 4.06. The fourth-order valence-electron chi connectivity index (χ4n) is 1.79. The van der Waals surface area contributed by atoms with Crippen LogP contribution in [0.15, 0.2) is 24.4 Å². The lowest BCUT2D eigenvalue weighted by atomic mass is 10.1. The maximum Gasteiger partial charge on any atom is 0.131 e. The molecular formula is C13H16FN3O. The molecule has 0 aliphatic rings. The van der Waals surface area contributed by atoms with Crippen molar-refractivity contribution in [3.8, 4) is 5.75 Å². The molecule has 2 rings (SSSR count). The minimum atomic E-state index is -0.404. The van der Waals surface area contributed by atoms with Crippen LogP contribution in [0.2, 0.25) is 0 Å². The maximum absolute atomic E-state index is 13.6. The zero-order valence-electron chi connectivity index (χ0n) is 10.4. The predicted octanol–water partition coefficient (Wildman–Crippen LogP) is 2.41. The summed E-state index contributed by atoms with van der Waals surface area (Å²) in [5.41, 5.74) is 2.59. The Morgan fingerprint density at radius 1 is 1.50 bits per heavy atom. The highest BCUT2D eigenvalue weighted by Crippen LogP contribution is 2.21. The topological polar surface area (TPSA) is 60.9 Å². The van der Waals surface area contributed by atoms with Gasteiger partial charge in [0.25, 0.3) is 0 Å². The van der Waals surface area contributed by atoms with E-state index in [2.05, 4.69) is 15.5 Å². The molecule has 0 aliphatic carbocycles. The number of nitrogens with one attached hydrogen (secondary N) is 2. The monoisotopic (exact) mass is 249 g/mol. The van der Waals surface area contributed by atoms with Crippen LogP contribution in [0.1, 0.15) is 29.8 Å². The van der Waals surface area contributed by atoms with E-state index >= 15 is 0 Å². The van der Waals surface area contributed by atoms with Crippen molar-refractivity contribution >= 4 is 0 Å². The summed E-state index contributed by atoms with van der Waals surface area (Å²) >= 11 is 0. The summed E-state index contributed by atoms with van der Waals surface area (Å²) < 4.78 is 13.6. The molecule has 0 fully saturated rings. The molecule has 0 saturated carbocycles. The maximum atomic E-state index is 13.6. The van der Waals surface area contributed by atoms with Gasteiger partial charge < -0.3 is 10.4 Å². The SMILES string of the molecule is Cc1[nH]ncc1CNC(C)c1ccc(O)cc1F. The van der Waals surface area contributed by atoms with Gasteiger partial charge in [0.2, 0.25) is 0 Å². The molecule has 0 saturated heterocycles. The van der Waals surface area contributed by atoms with Gasteiger partial charge in [-0.15, -0.1) is 0 Å². The number of benzene rings is 1. The first-order valence-corrected chi connectivity index (χ1v) is 5.78. The second-order valence-corrected chi connectivity index (χ2v) is 4.33. The number of rotatable bonds is 4. The first kappa shape index (κ1) is 12.6. The number of H-pyrrole nitrogens is 1. The van der Waals surface area contributed by atoms with Crippen molar-refractivity contribution in [2.75, 3.05) is 0 Å². The Morgan fingerprint density at radius 3 is 2.89 bits per heavy atom. The highest BCUT2D eigenvalue weighted by atomic mass is 19.1. The van der Waals surface area contributed by atoms with Crippen molar-refractivity contribution in [2.45, 2.75) is 26.4 Å². The van der Waals surface area contributed by atoms with Crippen LogP contribution in [-0.4, -0.2) is 15.3 Å². The Bertz CT molecular complexity index is 539. The smallest absolute Gasteiger partial charge is 0.131 e. The number of phenols is 1. The summed E-state index contributed by atoms with van der Waals surface area (Å²) in [5.74, 6) is -0.465. The average Bonchev–Trinajstić information content (AvgIpc) is 2.72. The third kappa shape index (κ3) is 2.68. The number of hydrogen-bond acceptors (Lipinski definition) is 3. The molecule has 1 aromatic heterocycles. The van der Waals surface area contributed by atoms with Crippen LogP contribution in [0.25, 0.3) is 0 Å². The van der Waals surface area contributed by atoms with E-state index in [1.807, 2.05) is 13.8 Å². The quantitative estimate of drug-likeness (QED) is 0.779. The van der Waals surface area contributed by atoms with Gasteiger partial charge in [-0.2, -0.15) is 5.10 Å². The molecule has 0 radical (unpaired) electrons. The Kier molecular flexibility index (Phi) is 3.62. The van der Waals surface area contributed by atoms with Crippen molar-refractivity contribution in [2.24, 2.45) is 0 Å². The fourth-order valence-corrected chi connectivity index (χ4v) is 1.79. The molecule has 96 valence electrons. The Labute approximate surface area is 105 Å². The number of halogens is 1. The zero-order valence-corrected chi connectivity index (χ0v) is 10.4. The molecule has 3 N–H and O–H groups in total. The number of nitrogens with zero attached hydrogens (tertiary/aromatic N) is 1. The molecule has 1 atom stereocenters. The van der Waals surface area contributed by atoms with Gasteiger partial charge in [0.1, 0.15) is 11.6 Å². The number of aromatic nitrogens is 2. The number of aryl methyl sites for hydroxylation is 1. The van der Waals surface area contributed by atoms with Crippen LogP contribution in [0.4, 0.5) is 4.39 Å². The third-order valence-electron chi connectivity index (χ3n) is 2.98. The van der Waals surface area contributed by atoms with Crippen molar-refractivity contribution in [3.63, 3.8) is 0 Å². The van der Waals surface area contributed by atoms with Crippen molar-refractivity contribution < 1.29 is 9.50 Å². The standard InChI is InChI=1S/C13H16FN3O/c1-8-10(7-16-17-8)6-15-9(2)12-4-3-11(18)5-13(12)14/h3-5,7,9,15,18H,6H2,1-2H3,(H,16,17). The van der Waals surface area contributed by atoms with Gasteiger partial charge in [-0.1, -0.05) is 6.07 Å². The third-order valence-corrected chi connectivity index (χ3v) is 2.98. The number of phenolic OH excluding ortho intramolecular Hbond substituents is 1. The van der Waals surface area contributed by atoms with E-state index in [9.17, 15) is 4.39 Å². The van der Waals surface area contributed by atoms with Gasteiger partial charge in [-0.3, -0.25) is 5.10 Å². The molecule has 18 heavy (non-hydrogen) atoms. The van der Waals surface area contributed by atoms with Gasteiger partial charge in [0, 0.05) is 35.5 Å². The first-order chi connectivity index (χ1) is 8.58. The zero-order chi connectivity index (χ0) is 13.1. The Hall–Kier alpha value is -1.88. The minimum Gasteiger partial charge on any atom is -0.508 e. The van der Waals surface area contributed by atoms with Gasteiger partial charge in [-0.05, 0) is 19.9 Å². The minimum absolute atomic E-state index is 0.0610. The lowest BCUT2D eigenvalue weighted by molar-refractivity contribution is 0.463. The highest BCUT2D eigenvalue weighted by molar-refractivity contribution is 5.29. The number of aromatic hydroxyl groups is 1. The van der Waals surface area contributed by atoms with Crippen LogP contribution in [0.5, 0.6) is 5.75 Å². The second-order valence-electron chi connectivity index (χ2n) is 4.33. The lowest BCUT2D eigenvalue weighted by Gasteiger charge is -2.15. The van der Waals surface area contributed by atoms with E-state index in [4.69, 9.17) is 5.11 Å². The molecule has 4 nitrogen and oxygen atoms in total. The van der Waals surface area contributed by atoms with E-state index < -0.39 is 5.82 Å². The van der Waals surface area contributed by atoms with E-state index in [0.29, 0.717) is 12.1 Å². The molecule has 1 unspecified atom stereocenters. The summed E-state index contributed by atoms with van der Waals surface area (Å²) in [6.07, 6.45) is 1.75. The van der Waals surface area contributed by atoms with Gasteiger partial charge in [-0.25, -0.2) is 4.39 Å². The van der Waals surface area contributed by atoms with E-state index in [1.54, 1.807) is 12.3 Å². The van der Waals surface area contributed by atoms with Crippen LogP contribution in [0, 0.1) is 12.7 Å². The van der Waals surface area contributed by atoms with Gasteiger partial charge in [0.15, 0.2) is 0 Å². The summed E-state index contributed by atoms with van der Waals surface area (Å²) in [7, 11) is 0. The summed E-state index contributed by atoms with van der Waals surface area (Å²) in [6.45, 7) is 4.44. The average molecular weight is 249 g/mol. The van der Waals surface area contributed by atoms with E-state index in [1.165, 1.54) is 6.07 Å². The van der Waals surface area contributed by atoms with E-state index in [0.717, 1.165) is 17.3 Å². The van der Waals surface area contributed by atoms with Crippen LogP contribution in [-0.2, 0) is 6.54 Å². The van der Waals surface area contributed by atoms with Crippen LogP contribution < -0.4 is 5.32 Å². The molecular weight excluding hydrogens is 233 g/mol. The van der Waals surface area contributed by atoms with Gasteiger partial charge in [0.05, 0.1) is 6.20 Å². The first-order valence-electron chi connectivity index (χ1n) is 5.78. The van der Waals surface area contributed by atoms with Crippen molar-refractivity contribution in [3.05, 3.63) is 47.0 Å². The Morgan fingerprint density at radius 2 is 2.28 bits per heavy atom. The number of hydrogen-bond donors (Lipinski definition) is 3. The molecule has 1 aromatic carbocycles. The van der Waals surface area contributed by atoms with E-state index in [-0.39, 0.29) is 11.8 Å². The van der Waals surface area contributed by atoms with Crippen molar-refractivity contribution in [1.29, 1.82) is 0 Å². The predicted molar refractivity (Wildman–Crippen MR) is 66.6 cm³/mol. The van der Waals surface area contributed by atoms with Gasteiger partial charge >= 0.3 is 0 Å². The molecule has 0 spiro atoms. The summed E-state index contributed by atoms with van der Waals surface area (Å²) in [4.78, 5) is 0. The highest BCUT2D eigenvalue weighted by Gasteiger charge is 2.11. The molecule has 0 amide bonds.